The van der Waals surface area contributed by atoms with Crippen molar-refractivity contribution in [1.82, 2.24) is 0 Å². The van der Waals surface area contributed by atoms with Gasteiger partial charge < -0.3 is 49.3 Å². The van der Waals surface area contributed by atoms with Gasteiger partial charge in [-0.25, -0.2) is 9.13 Å². The maximum atomic E-state index is 13.0. The van der Waals surface area contributed by atoms with Crippen LogP contribution in [0.4, 0.5) is 0 Å². The number of phosphoric acid groups is 2. The predicted molar refractivity (Wildman–Crippen MR) is 259 cm³/mol. The Kier molecular flexibility index (Phi) is 32.9. The summed E-state index contributed by atoms with van der Waals surface area (Å²) < 4.78 is 55.1. The smallest absolute Gasteiger partial charge is 0.462 e. The Morgan fingerprint density at radius 1 is 0.544 bits per heavy atom. The summed E-state index contributed by atoms with van der Waals surface area (Å²) in [5.41, 5.74) is 0. The van der Waals surface area contributed by atoms with Crippen LogP contribution in [0.3, 0.4) is 0 Å². The molecule has 0 bridgehead atoms. The van der Waals surface area contributed by atoms with E-state index in [0.29, 0.717) is 31.5 Å². The first-order valence-corrected chi connectivity index (χ1v) is 27.6. The molecule has 0 aromatic carbocycles. The zero-order valence-electron chi connectivity index (χ0n) is 40.2. The van der Waals surface area contributed by atoms with E-state index < -0.39 is 83.5 Å². The van der Waals surface area contributed by atoms with E-state index in [2.05, 4.69) is 67.0 Å². The van der Waals surface area contributed by atoms with Crippen LogP contribution in [0.1, 0.15) is 155 Å². The van der Waals surface area contributed by atoms with Crippen LogP contribution in [-0.2, 0) is 46.5 Å². The molecule has 2 aliphatic rings. The summed E-state index contributed by atoms with van der Waals surface area (Å²) in [5, 5.41) is 41.3. The Labute approximate surface area is 404 Å². The van der Waals surface area contributed by atoms with Crippen molar-refractivity contribution < 1.29 is 81.6 Å². The second-order valence-corrected chi connectivity index (χ2v) is 19.8. The molecule has 2 rings (SSSR count). The highest BCUT2D eigenvalue weighted by Gasteiger charge is 2.54. The minimum absolute atomic E-state index is 0.0786. The molecular formula is C49H82O17P2. The van der Waals surface area contributed by atoms with Crippen LogP contribution in [0.2, 0.25) is 0 Å². The number of aliphatic hydroxyl groups excluding tert-OH is 4. The van der Waals surface area contributed by atoms with E-state index >= 15 is 0 Å². The first-order valence-electron chi connectivity index (χ1n) is 24.6. The number of aliphatic hydroxyl groups is 4. The highest BCUT2D eigenvalue weighted by molar-refractivity contribution is 7.47. The maximum Gasteiger partial charge on any atom is 0.472 e. The highest BCUT2D eigenvalue weighted by atomic mass is 31.2. The van der Waals surface area contributed by atoms with Gasteiger partial charge in [-0.15, -0.1) is 0 Å². The van der Waals surface area contributed by atoms with E-state index in [1.807, 2.05) is 18.2 Å². The number of ether oxygens (including phenoxy) is 3. The Balaban J connectivity index is 1.82. The van der Waals surface area contributed by atoms with Gasteiger partial charge in [0.2, 0.25) is 0 Å². The molecule has 2 fully saturated rings. The summed E-state index contributed by atoms with van der Waals surface area (Å²) in [6, 6.07) is 0. The predicted octanol–water partition coefficient (Wildman–Crippen LogP) is 8.61. The van der Waals surface area contributed by atoms with Gasteiger partial charge in [-0.2, -0.15) is 0 Å². The van der Waals surface area contributed by atoms with Gasteiger partial charge in [0.15, 0.2) is 6.10 Å². The number of phosphoric ester groups is 2. The van der Waals surface area contributed by atoms with E-state index in [1.165, 1.54) is 38.5 Å². The van der Waals surface area contributed by atoms with Crippen molar-refractivity contribution in [3.8, 4) is 0 Å². The van der Waals surface area contributed by atoms with Gasteiger partial charge in [0, 0.05) is 12.8 Å². The molecule has 0 radical (unpaired) electrons. The second kappa shape index (κ2) is 36.3. The fourth-order valence-corrected chi connectivity index (χ4v) is 8.79. The van der Waals surface area contributed by atoms with Crippen molar-refractivity contribution in [2.45, 2.75) is 210 Å². The molecule has 17 nitrogen and oxygen atoms in total. The molecule has 1 aliphatic heterocycles. The highest BCUT2D eigenvalue weighted by Crippen LogP contribution is 2.49. The van der Waals surface area contributed by atoms with Crippen molar-refractivity contribution in [1.29, 1.82) is 0 Å². The van der Waals surface area contributed by atoms with Gasteiger partial charge in [-0.1, -0.05) is 138 Å². The van der Waals surface area contributed by atoms with Crippen molar-refractivity contribution in [2.24, 2.45) is 0 Å². The monoisotopic (exact) mass is 1000 g/mol. The molecule has 19 heteroatoms. The summed E-state index contributed by atoms with van der Waals surface area (Å²) in [7, 11) is -10.7. The first kappa shape index (κ1) is 61.5. The Morgan fingerprint density at radius 3 is 1.63 bits per heavy atom. The molecule has 1 heterocycles. The topological polar surface area (TPSA) is 269 Å². The van der Waals surface area contributed by atoms with E-state index in [0.717, 1.165) is 70.6 Å². The van der Waals surface area contributed by atoms with E-state index in [4.69, 9.17) is 23.3 Å². The Morgan fingerprint density at radius 2 is 1.06 bits per heavy atom. The van der Waals surface area contributed by atoms with Crippen molar-refractivity contribution in [2.75, 3.05) is 13.2 Å². The van der Waals surface area contributed by atoms with Crippen molar-refractivity contribution in [3.63, 3.8) is 0 Å². The molecule has 0 aromatic heterocycles. The third-order valence-corrected chi connectivity index (χ3v) is 12.7. The summed E-state index contributed by atoms with van der Waals surface area (Å²) in [6.45, 7) is 2.97. The van der Waals surface area contributed by atoms with Gasteiger partial charge in [0.1, 0.15) is 43.2 Å². The Hall–Kier alpha value is -2.60. The van der Waals surface area contributed by atoms with Gasteiger partial charge in [-0.3, -0.25) is 23.2 Å². The number of rotatable bonds is 39. The standard InChI is InChI=1S/C49H82O17P2/c1-3-5-7-9-11-12-13-14-15-16-17-18-19-20-21-22-23-27-32-36-43(51)63-39(38-62-68(59,60)66-49-46(54)44(52)45(53)48(47(49)55)65-67(56,57)58)37-61-42(50)35-31-28-24-26-30-34-41-40(64-41)33-29-25-10-8-6-4-2/h11-12,14-15,17-18,20-21,23,25,27,29,39-41,44-49,52-55H,3-10,13,16,19,22,24,26,28,30-38H2,1-2H3,(H,59,60)(H2,56,57,58)/b12-11-,15-14-,18-17-,21-20-,27-23-,29-25-/t39-,40?,41?,44?,45?,46?,47?,48-,49+/m1/s1. The molecule has 0 spiro atoms. The maximum absolute atomic E-state index is 13.0. The molecule has 1 saturated heterocycles. The van der Waals surface area contributed by atoms with Crippen molar-refractivity contribution >= 4 is 27.6 Å². The van der Waals surface area contributed by atoms with Crippen LogP contribution in [0.15, 0.2) is 72.9 Å². The summed E-state index contributed by atoms with van der Waals surface area (Å²) >= 11 is 0. The lowest BCUT2D eigenvalue weighted by Crippen LogP contribution is -2.64. The average Bonchev–Trinajstić information content (AvgIpc) is 4.05. The molecule has 390 valence electrons. The third kappa shape index (κ3) is 29.6. The molecular weight excluding hydrogens is 922 g/mol. The number of unbranched alkanes of at least 4 members (excludes halogenated alkanes) is 10. The summed E-state index contributed by atoms with van der Waals surface area (Å²) in [4.78, 5) is 54.3. The fourth-order valence-electron chi connectivity index (χ4n) is 7.25. The largest absolute Gasteiger partial charge is 0.472 e. The van der Waals surface area contributed by atoms with Gasteiger partial charge >= 0.3 is 27.6 Å². The molecule has 7 unspecified atom stereocenters. The van der Waals surface area contributed by atoms with E-state index in [-0.39, 0.29) is 12.8 Å². The quantitative estimate of drug-likeness (QED) is 0.00998. The van der Waals surface area contributed by atoms with Crippen LogP contribution in [0, 0.1) is 0 Å². The molecule has 10 atom stereocenters. The summed E-state index contributed by atoms with van der Waals surface area (Å²) in [5.74, 6) is -1.33. The zero-order chi connectivity index (χ0) is 50.0. The van der Waals surface area contributed by atoms with Crippen LogP contribution < -0.4 is 0 Å². The first-order chi connectivity index (χ1) is 32.6. The van der Waals surface area contributed by atoms with Crippen molar-refractivity contribution in [3.05, 3.63) is 72.9 Å². The third-order valence-electron chi connectivity index (χ3n) is 11.2. The number of esters is 2. The van der Waals surface area contributed by atoms with E-state index in [1.54, 1.807) is 6.08 Å². The fraction of sp³-hybridized carbons (Fsp3) is 0.714. The molecule has 0 amide bonds. The Bertz CT molecular complexity index is 1660. The SMILES string of the molecule is CCCCC/C=C\C/C=C\C/C=C\C/C=C\C/C=C\CCC(=O)O[C@H](COC(=O)CCCCCCCC1OC1C/C=C\CCCCC)COP(=O)(O)O[C@H]1C(O)C(O)C(O)[C@@H](OP(=O)(O)O)C1O. The number of hydrogen-bond donors (Lipinski definition) is 7. The molecule has 7 N–H and O–H groups in total. The number of carbonyl (C=O) groups excluding carboxylic acids is 2. The lowest BCUT2D eigenvalue weighted by molar-refractivity contribution is -0.216. The van der Waals surface area contributed by atoms with Gasteiger partial charge in [-0.05, 0) is 77.0 Å². The number of epoxide rings is 1. The second-order valence-electron chi connectivity index (χ2n) is 17.2. The van der Waals surface area contributed by atoms with Crippen LogP contribution in [0.25, 0.3) is 0 Å². The summed E-state index contributed by atoms with van der Waals surface area (Å²) in [6.07, 6.45) is 30.3. The minimum Gasteiger partial charge on any atom is -0.462 e. The normalized spacial score (nSPS) is 24.8. The van der Waals surface area contributed by atoms with E-state index in [9.17, 15) is 53.8 Å². The van der Waals surface area contributed by atoms with Gasteiger partial charge in [0.25, 0.3) is 0 Å². The minimum atomic E-state index is -5.38. The molecule has 68 heavy (non-hydrogen) atoms. The van der Waals surface area contributed by atoms with Gasteiger partial charge in [0.05, 0.1) is 18.8 Å². The zero-order valence-corrected chi connectivity index (χ0v) is 42.0. The lowest BCUT2D eigenvalue weighted by atomic mass is 9.85. The van der Waals surface area contributed by atoms with Crippen LogP contribution in [-0.4, -0.2) is 115 Å². The molecule has 0 aromatic rings. The lowest BCUT2D eigenvalue weighted by Gasteiger charge is -2.43. The van der Waals surface area contributed by atoms with Crippen LogP contribution >= 0.6 is 15.6 Å². The average molecular weight is 1010 g/mol. The van der Waals surface area contributed by atoms with Crippen LogP contribution in [0.5, 0.6) is 0 Å². The number of hydrogen-bond acceptors (Lipinski definition) is 14. The molecule has 1 saturated carbocycles. The number of carbonyl (C=O) groups is 2. The molecule has 1 aliphatic carbocycles. The number of allylic oxidation sites excluding steroid dienone is 11.